The van der Waals surface area contributed by atoms with Gasteiger partial charge in [0.25, 0.3) is 0 Å². The van der Waals surface area contributed by atoms with Crippen LogP contribution in [0, 0.1) is 5.92 Å². The molecule has 0 saturated carbocycles. The maximum atomic E-state index is 12.3. The Bertz CT molecular complexity index is 531. The number of halogens is 2. The van der Waals surface area contributed by atoms with Crippen LogP contribution in [0.5, 0.6) is 0 Å². The first-order chi connectivity index (χ1) is 9.00. The molecule has 1 aromatic rings. The van der Waals surface area contributed by atoms with Gasteiger partial charge in [-0.05, 0) is 50.9 Å². The van der Waals surface area contributed by atoms with Crippen molar-refractivity contribution in [3.63, 3.8) is 0 Å². The fourth-order valence-electron chi connectivity index (χ4n) is 2.37. The summed E-state index contributed by atoms with van der Waals surface area (Å²) in [6.07, 6.45) is 2.13. The lowest BCUT2D eigenvalue weighted by atomic mass is 9.94. The maximum Gasteiger partial charge on any atom is 0.242 e. The van der Waals surface area contributed by atoms with E-state index in [2.05, 4.69) is 10.0 Å². The molecule has 20 heavy (non-hydrogen) atoms. The van der Waals surface area contributed by atoms with Crippen LogP contribution >= 0.6 is 24.0 Å². The summed E-state index contributed by atoms with van der Waals surface area (Å²) in [6.45, 7) is 3.78. The molecular weight excluding hydrogens is 319 g/mol. The van der Waals surface area contributed by atoms with Gasteiger partial charge in [0.05, 0.1) is 5.02 Å². The number of nitrogens with one attached hydrogen (secondary N) is 2. The molecule has 1 aromatic carbocycles. The number of benzene rings is 1. The van der Waals surface area contributed by atoms with Crippen molar-refractivity contribution in [3.8, 4) is 0 Å². The van der Waals surface area contributed by atoms with Crippen molar-refractivity contribution < 1.29 is 8.42 Å². The first kappa shape index (κ1) is 17.7. The molecule has 0 aliphatic carbocycles. The highest BCUT2D eigenvalue weighted by atomic mass is 35.5. The molecule has 0 amide bonds. The second kappa shape index (κ2) is 7.61. The summed E-state index contributed by atoms with van der Waals surface area (Å²) in [5.74, 6) is 0.325. The van der Waals surface area contributed by atoms with Crippen LogP contribution in [0.25, 0.3) is 0 Å². The van der Waals surface area contributed by atoms with E-state index in [1.165, 1.54) is 6.07 Å². The SMILES string of the molecule is CC(NS(=O)(=O)c1ccccc1Cl)C1CCCNC1.Cl. The highest BCUT2D eigenvalue weighted by molar-refractivity contribution is 7.89. The molecule has 1 aliphatic heterocycles. The largest absolute Gasteiger partial charge is 0.316 e. The average Bonchev–Trinajstić information content (AvgIpc) is 2.39. The van der Waals surface area contributed by atoms with E-state index in [0.29, 0.717) is 5.92 Å². The van der Waals surface area contributed by atoms with E-state index in [-0.39, 0.29) is 28.4 Å². The summed E-state index contributed by atoms with van der Waals surface area (Å²) in [6, 6.07) is 6.40. The lowest BCUT2D eigenvalue weighted by molar-refractivity contribution is 0.320. The summed E-state index contributed by atoms with van der Waals surface area (Å²) < 4.78 is 27.3. The molecule has 2 rings (SSSR count). The fraction of sp³-hybridized carbons (Fsp3) is 0.538. The molecule has 4 nitrogen and oxygen atoms in total. The predicted molar refractivity (Wildman–Crippen MR) is 84.1 cm³/mol. The van der Waals surface area contributed by atoms with Crippen molar-refractivity contribution in [2.24, 2.45) is 5.92 Å². The lowest BCUT2D eigenvalue weighted by Crippen LogP contribution is -2.44. The summed E-state index contributed by atoms with van der Waals surface area (Å²) >= 11 is 5.95. The smallest absolute Gasteiger partial charge is 0.242 e. The number of piperidine rings is 1. The van der Waals surface area contributed by atoms with Crippen LogP contribution in [0.4, 0.5) is 0 Å². The first-order valence-electron chi connectivity index (χ1n) is 6.48. The highest BCUT2D eigenvalue weighted by Crippen LogP contribution is 2.22. The quantitative estimate of drug-likeness (QED) is 0.886. The molecular formula is C13H20Cl2N2O2S. The minimum Gasteiger partial charge on any atom is -0.316 e. The van der Waals surface area contributed by atoms with Crippen LogP contribution in [-0.4, -0.2) is 27.5 Å². The minimum absolute atomic E-state index is 0. The molecule has 2 N–H and O–H groups in total. The Balaban J connectivity index is 0.00000200. The molecule has 1 heterocycles. The van der Waals surface area contributed by atoms with E-state index in [4.69, 9.17) is 11.6 Å². The normalized spacial score (nSPS) is 21.0. The van der Waals surface area contributed by atoms with Crippen molar-refractivity contribution in [2.45, 2.75) is 30.7 Å². The topological polar surface area (TPSA) is 58.2 Å². The standard InChI is InChI=1S/C13H19ClN2O2S.ClH/c1-10(11-5-4-8-15-9-11)16-19(17,18)13-7-3-2-6-12(13)14;/h2-3,6-7,10-11,15-16H,4-5,8-9H2,1H3;1H. The van der Waals surface area contributed by atoms with Crippen molar-refractivity contribution in [1.29, 1.82) is 0 Å². The molecule has 2 unspecified atom stereocenters. The van der Waals surface area contributed by atoms with Gasteiger partial charge in [0.2, 0.25) is 10.0 Å². The van der Waals surface area contributed by atoms with Gasteiger partial charge in [-0.3, -0.25) is 0 Å². The van der Waals surface area contributed by atoms with Crippen LogP contribution in [0.1, 0.15) is 19.8 Å². The first-order valence-corrected chi connectivity index (χ1v) is 8.34. The summed E-state index contributed by atoms with van der Waals surface area (Å²) in [5.41, 5.74) is 0. The van der Waals surface area contributed by atoms with Gasteiger partial charge < -0.3 is 5.32 Å². The van der Waals surface area contributed by atoms with Gasteiger partial charge in [-0.2, -0.15) is 0 Å². The fourth-order valence-corrected chi connectivity index (χ4v) is 4.20. The summed E-state index contributed by atoms with van der Waals surface area (Å²) in [7, 11) is -3.55. The number of hydrogen-bond acceptors (Lipinski definition) is 3. The summed E-state index contributed by atoms with van der Waals surface area (Å²) in [4.78, 5) is 0.146. The Labute approximate surface area is 131 Å². The predicted octanol–water partition coefficient (Wildman–Crippen LogP) is 2.43. The van der Waals surface area contributed by atoms with Crippen molar-refractivity contribution >= 4 is 34.0 Å². The summed E-state index contributed by atoms with van der Waals surface area (Å²) in [5, 5.41) is 3.55. The zero-order chi connectivity index (χ0) is 13.9. The Morgan fingerprint density at radius 2 is 2.10 bits per heavy atom. The van der Waals surface area contributed by atoms with E-state index < -0.39 is 10.0 Å². The highest BCUT2D eigenvalue weighted by Gasteiger charge is 2.26. The third-order valence-electron chi connectivity index (χ3n) is 3.51. The van der Waals surface area contributed by atoms with Gasteiger partial charge in [-0.15, -0.1) is 12.4 Å². The van der Waals surface area contributed by atoms with Gasteiger partial charge in [-0.1, -0.05) is 23.7 Å². The van der Waals surface area contributed by atoms with Gasteiger partial charge in [0.15, 0.2) is 0 Å². The third-order valence-corrected chi connectivity index (χ3v) is 5.57. The molecule has 0 aromatic heterocycles. The van der Waals surface area contributed by atoms with Gasteiger partial charge in [0, 0.05) is 6.04 Å². The Hall–Kier alpha value is -0.330. The van der Waals surface area contributed by atoms with E-state index in [9.17, 15) is 8.42 Å². The second-order valence-electron chi connectivity index (χ2n) is 4.95. The Kier molecular flexibility index (Phi) is 6.75. The zero-order valence-corrected chi connectivity index (χ0v) is 13.7. The Morgan fingerprint density at radius 1 is 1.40 bits per heavy atom. The van der Waals surface area contributed by atoms with E-state index in [1.54, 1.807) is 18.2 Å². The van der Waals surface area contributed by atoms with Crippen LogP contribution in [-0.2, 0) is 10.0 Å². The monoisotopic (exact) mass is 338 g/mol. The van der Waals surface area contributed by atoms with Crippen LogP contribution in [0.15, 0.2) is 29.2 Å². The zero-order valence-electron chi connectivity index (χ0n) is 11.3. The molecule has 7 heteroatoms. The van der Waals surface area contributed by atoms with Crippen LogP contribution < -0.4 is 10.0 Å². The number of sulfonamides is 1. The van der Waals surface area contributed by atoms with Crippen molar-refractivity contribution in [2.75, 3.05) is 13.1 Å². The van der Waals surface area contributed by atoms with Crippen molar-refractivity contribution in [3.05, 3.63) is 29.3 Å². The van der Waals surface area contributed by atoms with E-state index in [0.717, 1.165) is 25.9 Å². The van der Waals surface area contributed by atoms with Gasteiger partial charge >= 0.3 is 0 Å². The third kappa shape index (κ3) is 4.33. The minimum atomic E-state index is -3.55. The molecule has 0 bridgehead atoms. The molecule has 0 radical (unpaired) electrons. The Morgan fingerprint density at radius 3 is 2.70 bits per heavy atom. The number of rotatable bonds is 4. The second-order valence-corrected chi connectivity index (χ2v) is 7.04. The van der Waals surface area contributed by atoms with Gasteiger partial charge in [-0.25, -0.2) is 13.1 Å². The van der Waals surface area contributed by atoms with Crippen LogP contribution in [0.3, 0.4) is 0 Å². The maximum absolute atomic E-state index is 12.3. The molecule has 114 valence electrons. The molecule has 1 saturated heterocycles. The molecule has 1 aliphatic rings. The molecule has 0 spiro atoms. The van der Waals surface area contributed by atoms with E-state index >= 15 is 0 Å². The van der Waals surface area contributed by atoms with Crippen LogP contribution in [0.2, 0.25) is 5.02 Å². The number of hydrogen-bond donors (Lipinski definition) is 2. The van der Waals surface area contributed by atoms with Crippen molar-refractivity contribution in [1.82, 2.24) is 10.0 Å². The average molecular weight is 339 g/mol. The molecule has 2 atom stereocenters. The van der Waals surface area contributed by atoms with E-state index in [1.807, 2.05) is 6.92 Å². The lowest BCUT2D eigenvalue weighted by Gasteiger charge is -2.28. The molecule has 1 fully saturated rings. The van der Waals surface area contributed by atoms with Gasteiger partial charge in [0.1, 0.15) is 4.90 Å².